The number of nitrogens with zero attached hydrogens (tertiary/aromatic N) is 1. The van der Waals surface area contributed by atoms with Crippen molar-refractivity contribution in [1.29, 1.82) is 0 Å². The monoisotopic (exact) mass is 338 g/mol. The van der Waals surface area contributed by atoms with Crippen molar-refractivity contribution >= 4 is 38.9 Å². The van der Waals surface area contributed by atoms with E-state index < -0.39 is 0 Å². The number of rotatable bonds is 4. The largest absolute Gasteiger partial charge is 0.374 e. The summed E-state index contributed by atoms with van der Waals surface area (Å²) < 4.78 is 6.93. The first kappa shape index (κ1) is 15.7. The molecule has 1 amide bonds. The molecule has 2 heterocycles. The molecule has 6 heteroatoms. The number of morpholine rings is 1. The van der Waals surface area contributed by atoms with Gasteiger partial charge in [-0.05, 0) is 6.07 Å². The second-order valence-electron chi connectivity index (χ2n) is 5.50. The first-order valence-electron chi connectivity index (χ1n) is 7.38. The number of halogens is 1. The molecule has 0 spiro atoms. The molecule has 1 atom stereocenters. The number of hydrogen-bond acceptors (Lipinski definition) is 4. The molecule has 0 radical (unpaired) electrons. The molecular formula is C16H19ClN2O2S. The van der Waals surface area contributed by atoms with Gasteiger partial charge in [0.2, 0.25) is 5.91 Å². The standard InChI is InChI=1S/C16H19ClN2O2S/c1-11(20)18-8-12-9-19(6-7-21-12)10-15-16(17)13-4-2-3-5-14(13)22-15/h2-5,12H,6-10H2,1H3,(H,18,20)/t12-/m1/s1. The van der Waals surface area contributed by atoms with Gasteiger partial charge in [-0.3, -0.25) is 9.69 Å². The molecular weight excluding hydrogens is 320 g/mol. The predicted octanol–water partition coefficient (Wildman–Crippen LogP) is 2.89. The van der Waals surface area contributed by atoms with E-state index in [1.165, 1.54) is 16.5 Å². The number of fused-ring (bicyclic) bond motifs is 1. The maximum Gasteiger partial charge on any atom is 0.216 e. The van der Waals surface area contributed by atoms with E-state index in [0.717, 1.165) is 30.0 Å². The van der Waals surface area contributed by atoms with Crippen molar-refractivity contribution in [3.05, 3.63) is 34.2 Å². The molecule has 1 N–H and O–H groups in total. The van der Waals surface area contributed by atoms with Crippen LogP contribution in [0.3, 0.4) is 0 Å². The highest BCUT2D eigenvalue weighted by Crippen LogP contribution is 2.36. The van der Waals surface area contributed by atoms with Gasteiger partial charge in [-0.15, -0.1) is 11.3 Å². The number of carbonyl (C=O) groups excluding carboxylic acids is 1. The molecule has 0 aliphatic carbocycles. The van der Waals surface area contributed by atoms with E-state index in [1.54, 1.807) is 11.3 Å². The third-order valence-corrected chi connectivity index (χ3v) is 5.47. The lowest BCUT2D eigenvalue weighted by Gasteiger charge is -2.32. The Morgan fingerprint density at radius 2 is 2.32 bits per heavy atom. The molecule has 1 aliphatic rings. The molecule has 1 aliphatic heterocycles. The first-order chi connectivity index (χ1) is 10.6. The van der Waals surface area contributed by atoms with E-state index in [4.69, 9.17) is 16.3 Å². The van der Waals surface area contributed by atoms with Crippen LogP contribution in [0.5, 0.6) is 0 Å². The van der Waals surface area contributed by atoms with Crippen molar-refractivity contribution in [3.8, 4) is 0 Å². The zero-order valence-electron chi connectivity index (χ0n) is 12.5. The van der Waals surface area contributed by atoms with E-state index in [1.807, 2.05) is 12.1 Å². The number of amides is 1. The van der Waals surface area contributed by atoms with Gasteiger partial charge in [0.1, 0.15) is 0 Å². The fraction of sp³-hybridized carbons (Fsp3) is 0.438. The maximum absolute atomic E-state index is 11.0. The number of benzene rings is 1. The van der Waals surface area contributed by atoms with E-state index >= 15 is 0 Å². The molecule has 1 fully saturated rings. The Morgan fingerprint density at radius 3 is 3.09 bits per heavy atom. The molecule has 1 aromatic heterocycles. The minimum Gasteiger partial charge on any atom is -0.374 e. The lowest BCUT2D eigenvalue weighted by Crippen LogP contribution is -2.46. The quantitative estimate of drug-likeness (QED) is 0.932. The van der Waals surface area contributed by atoms with E-state index in [-0.39, 0.29) is 12.0 Å². The third-order valence-electron chi connectivity index (χ3n) is 3.77. The average Bonchev–Trinajstić information content (AvgIpc) is 2.82. The number of ether oxygens (including phenoxy) is 1. The highest BCUT2D eigenvalue weighted by atomic mass is 35.5. The van der Waals surface area contributed by atoms with E-state index in [9.17, 15) is 4.79 Å². The zero-order valence-corrected chi connectivity index (χ0v) is 14.0. The van der Waals surface area contributed by atoms with Gasteiger partial charge in [0.25, 0.3) is 0 Å². The Bertz CT molecular complexity index is 673. The molecule has 1 aromatic carbocycles. The summed E-state index contributed by atoms with van der Waals surface area (Å²) in [6.07, 6.45) is 0.0470. The molecule has 0 saturated carbocycles. The first-order valence-corrected chi connectivity index (χ1v) is 8.57. The van der Waals surface area contributed by atoms with Crippen molar-refractivity contribution < 1.29 is 9.53 Å². The summed E-state index contributed by atoms with van der Waals surface area (Å²) >= 11 is 8.26. The summed E-state index contributed by atoms with van der Waals surface area (Å²) in [5.41, 5.74) is 0. The van der Waals surface area contributed by atoms with Crippen LogP contribution in [0.2, 0.25) is 5.02 Å². The summed E-state index contributed by atoms with van der Waals surface area (Å²) in [4.78, 5) is 14.5. The Kier molecular flexibility index (Phi) is 4.98. The number of carbonyl (C=O) groups is 1. The molecule has 0 unspecified atom stereocenters. The Labute approximate surface area is 139 Å². The van der Waals surface area contributed by atoms with Gasteiger partial charge in [-0.2, -0.15) is 0 Å². The molecule has 2 aromatic rings. The maximum atomic E-state index is 11.0. The van der Waals surface area contributed by atoms with Crippen LogP contribution in [-0.4, -0.2) is 43.2 Å². The molecule has 0 bridgehead atoms. The topological polar surface area (TPSA) is 41.6 Å². The second kappa shape index (κ2) is 6.96. The summed E-state index contributed by atoms with van der Waals surface area (Å²) in [6.45, 7) is 5.31. The fourth-order valence-corrected chi connectivity index (χ4v) is 4.21. The van der Waals surface area contributed by atoms with Crippen molar-refractivity contribution in [3.63, 3.8) is 0 Å². The van der Waals surface area contributed by atoms with Crippen molar-refractivity contribution in [2.75, 3.05) is 26.2 Å². The van der Waals surface area contributed by atoms with Crippen LogP contribution in [-0.2, 0) is 16.1 Å². The molecule has 3 rings (SSSR count). The highest BCUT2D eigenvalue weighted by molar-refractivity contribution is 7.19. The van der Waals surface area contributed by atoms with Gasteiger partial charge in [-0.1, -0.05) is 29.8 Å². The summed E-state index contributed by atoms with van der Waals surface area (Å²) in [7, 11) is 0. The van der Waals surface area contributed by atoms with Crippen LogP contribution in [0.4, 0.5) is 0 Å². The Balaban J connectivity index is 1.66. The van der Waals surface area contributed by atoms with Crippen molar-refractivity contribution in [1.82, 2.24) is 10.2 Å². The van der Waals surface area contributed by atoms with Gasteiger partial charge in [0.05, 0.1) is 17.7 Å². The molecule has 118 valence electrons. The summed E-state index contributed by atoms with van der Waals surface area (Å²) in [5, 5.41) is 4.82. The van der Waals surface area contributed by atoms with Crippen molar-refractivity contribution in [2.24, 2.45) is 0 Å². The van der Waals surface area contributed by atoms with Crippen LogP contribution in [0.25, 0.3) is 10.1 Å². The second-order valence-corrected chi connectivity index (χ2v) is 7.02. The van der Waals surface area contributed by atoms with Gasteiger partial charge in [-0.25, -0.2) is 0 Å². The van der Waals surface area contributed by atoms with Crippen LogP contribution >= 0.6 is 22.9 Å². The summed E-state index contributed by atoms with van der Waals surface area (Å²) in [5.74, 6) is -0.0201. The molecule has 1 saturated heterocycles. The Morgan fingerprint density at radius 1 is 1.50 bits per heavy atom. The van der Waals surface area contributed by atoms with Gasteiger partial charge in [0.15, 0.2) is 0 Å². The van der Waals surface area contributed by atoms with Crippen LogP contribution in [0, 0.1) is 0 Å². The van der Waals surface area contributed by atoms with Gasteiger partial charge < -0.3 is 10.1 Å². The van der Waals surface area contributed by atoms with Gasteiger partial charge in [0, 0.05) is 48.1 Å². The molecule has 22 heavy (non-hydrogen) atoms. The number of nitrogens with one attached hydrogen (secondary N) is 1. The summed E-state index contributed by atoms with van der Waals surface area (Å²) in [6, 6.07) is 8.23. The third kappa shape index (κ3) is 3.60. The van der Waals surface area contributed by atoms with Gasteiger partial charge >= 0.3 is 0 Å². The van der Waals surface area contributed by atoms with E-state index in [0.29, 0.717) is 13.2 Å². The number of hydrogen-bond donors (Lipinski definition) is 1. The zero-order chi connectivity index (χ0) is 15.5. The fourth-order valence-electron chi connectivity index (χ4n) is 2.67. The Hall–Kier alpha value is -1.14. The lowest BCUT2D eigenvalue weighted by atomic mass is 10.2. The smallest absolute Gasteiger partial charge is 0.216 e. The lowest BCUT2D eigenvalue weighted by molar-refractivity contribution is -0.120. The van der Waals surface area contributed by atoms with Crippen LogP contribution in [0.1, 0.15) is 11.8 Å². The van der Waals surface area contributed by atoms with Crippen molar-refractivity contribution in [2.45, 2.75) is 19.6 Å². The minimum atomic E-state index is -0.0201. The minimum absolute atomic E-state index is 0.0201. The molecule has 4 nitrogen and oxygen atoms in total. The average molecular weight is 339 g/mol. The highest BCUT2D eigenvalue weighted by Gasteiger charge is 2.22. The normalized spacial score (nSPS) is 19.5. The van der Waals surface area contributed by atoms with E-state index in [2.05, 4.69) is 22.3 Å². The SMILES string of the molecule is CC(=O)NC[C@@H]1CN(Cc2sc3ccccc3c2Cl)CCO1. The van der Waals surface area contributed by atoms with Crippen LogP contribution < -0.4 is 5.32 Å². The predicted molar refractivity (Wildman–Crippen MR) is 90.5 cm³/mol. The van der Waals surface area contributed by atoms with Crippen LogP contribution in [0.15, 0.2) is 24.3 Å². The number of thiophene rings is 1.